The second-order valence-electron chi connectivity index (χ2n) is 5.23. The van der Waals surface area contributed by atoms with Crippen LogP contribution in [0.25, 0.3) is 0 Å². The molecule has 1 aromatic carbocycles. The Morgan fingerprint density at radius 3 is 2.89 bits per heavy atom. The third-order valence-electron chi connectivity index (χ3n) is 3.40. The summed E-state index contributed by atoms with van der Waals surface area (Å²) in [6.07, 6.45) is 3.73. The van der Waals surface area contributed by atoms with Gasteiger partial charge < -0.3 is 10.1 Å². The fourth-order valence-corrected chi connectivity index (χ4v) is 1.91. The van der Waals surface area contributed by atoms with Gasteiger partial charge in [-0.05, 0) is 37.0 Å². The van der Waals surface area contributed by atoms with Gasteiger partial charge in [0.25, 0.3) is 0 Å². The van der Waals surface area contributed by atoms with Crippen LogP contribution in [0.2, 0.25) is 5.02 Å². The molecule has 0 saturated heterocycles. The van der Waals surface area contributed by atoms with E-state index in [2.05, 4.69) is 19.2 Å². The molecule has 18 heavy (non-hydrogen) atoms. The van der Waals surface area contributed by atoms with E-state index in [9.17, 15) is 0 Å². The predicted molar refractivity (Wildman–Crippen MR) is 76.3 cm³/mol. The van der Waals surface area contributed by atoms with Crippen molar-refractivity contribution in [2.45, 2.75) is 45.7 Å². The molecule has 2 nitrogen and oxygen atoms in total. The minimum absolute atomic E-state index is 0.588. The van der Waals surface area contributed by atoms with E-state index in [0.29, 0.717) is 12.0 Å². The lowest BCUT2D eigenvalue weighted by atomic mass is 10.1. The maximum absolute atomic E-state index is 6.05. The van der Waals surface area contributed by atoms with Gasteiger partial charge in [-0.3, -0.25) is 0 Å². The van der Waals surface area contributed by atoms with Crippen LogP contribution in [-0.4, -0.2) is 12.6 Å². The summed E-state index contributed by atoms with van der Waals surface area (Å²) in [5.41, 5.74) is 1.16. The molecule has 0 spiro atoms. The molecule has 1 fully saturated rings. The Labute approximate surface area is 115 Å². The van der Waals surface area contributed by atoms with Crippen molar-refractivity contribution in [3.63, 3.8) is 0 Å². The van der Waals surface area contributed by atoms with Gasteiger partial charge in [-0.25, -0.2) is 0 Å². The SMILES string of the molecule is CCC(C)COc1ccc(Cl)cc1CNC1CC1. The van der Waals surface area contributed by atoms with Gasteiger partial charge in [0.05, 0.1) is 6.61 Å². The number of hydrogen-bond donors (Lipinski definition) is 1. The van der Waals surface area contributed by atoms with Crippen LogP contribution in [0.4, 0.5) is 0 Å². The lowest BCUT2D eigenvalue weighted by molar-refractivity contribution is 0.254. The molecular weight excluding hydrogens is 246 g/mol. The van der Waals surface area contributed by atoms with Gasteiger partial charge in [0, 0.05) is 23.2 Å². The molecule has 0 heterocycles. The van der Waals surface area contributed by atoms with Gasteiger partial charge >= 0.3 is 0 Å². The standard InChI is InChI=1S/C15H22ClNO/c1-3-11(2)10-18-15-7-4-13(16)8-12(15)9-17-14-5-6-14/h4,7-8,11,14,17H,3,5-6,9-10H2,1-2H3. The van der Waals surface area contributed by atoms with Crippen molar-refractivity contribution in [2.75, 3.05) is 6.61 Å². The Kier molecular flexibility index (Phi) is 4.90. The van der Waals surface area contributed by atoms with Crippen molar-refractivity contribution >= 4 is 11.6 Å². The first-order chi connectivity index (χ1) is 8.69. The maximum Gasteiger partial charge on any atom is 0.123 e. The Bertz CT molecular complexity index is 390. The second-order valence-corrected chi connectivity index (χ2v) is 5.67. The zero-order chi connectivity index (χ0) is 13.0. The zero-order valence-corrected chi connectivity index (χ0v) is 12.0. The fourth-order valence-electron chi connectivity index (χ4n) is 1.72. The van der Waals surface area contributed by atoms with Crippen LogP contribution in [0, 0.1) is 5.92 Å². The lowest BCUT2D eigenvalue weighted by Crippen LogP contribution is -2.17. The number of ether oxygens (including phenoxy) is 1. The minimum atomic E-state index is 0.588. The minimum Gasteiger partial charge on any atom is -0.493 e. The molecule has 0 amide bonds. The largest absolute Gasteiger partial charge is 0.493 e. The molecule has 0 aromatic heterocycles. The number of benzene rings is 1. The van der Waals surface area contributed by atoms with Crippen molar-refractivity contribution in [3.05, 3.63) is 28.8 Å². The highest BCUT2D eigenvalue weighted by atomic mass is 35.5. The number of hydrogen-bond acceptors (Lipinski definition) is 2. The molecule has 1 aromatic rings. The Balaban J connectivity index is 1.97. The molecule has 100 valence electrons. The number of rotatable bonds is 7. The molecular formula is C15H22ClNO. The third kappa shape index (κ3) is 4.18. The van der Waals surface area contributed by atoms with E-state index >= 15 is 0 Å². The summed E-state index contributed by atoms with van der Waals surface area (Å²) < 4.78 is 5.90. The number of halogens is 1. The van der Waals surface area contributed by atoms with E-state index in [1.807, 2.05) is 18.2 Å². The molecule has 3 heteroatoms. The summed E-state index contributed by atoms with van der Waals surface area (Å²) >= 11 is 6.05. The van der Waals surface area contributed by atoms with E-state index in [0.717, 1.165) is 35.9 Å². The Morgan fingerprint density at radius 1 is 1.44 bits per heavy atom. The zero-order valence-electron chi connectivity index (χ0n) is 11.2. The predicted octanol–water partition coefficient (Wildman–Crippen LogP) is 4.02. The molecule has 1 N–H and O–H groups in total. The molecule has 1 aliphatic rings. The van der Waals surface area contributed by atoms with Gasteiger partial charge in [0.2, 0.25) is 0 Å². The highest BCUT2D eigenvalue weighted by Gasteiger charge is 2.20. The van der Waals surface area contributed by atoms with Crippen molar-refractivity contribution in [1.29, 1.82) is 0 Å². The summed E-state index contributed by atoms with van der Waals surface area (Å²) in [4.78, 5) is 0. The van der Waals surface area contributed by atoms with Crippen LogP contribution in [0.15, 0.2) is 18.2 Å². The molecule has 1 saturated carbocycles. The topological polar surface area (TPSA) is 21.3 Å². The van der Waals surface area contributed by atoms with Crippen molar-refractivity contribution in [1.82, 2.24) is 5.32 Å². The fraction of sp³-hybridized carbons (Fsp3) is 0.600. The van der Waals surface area contributed by atoms with Crippen LogP contribution < -0.4 is 10.1 Å². The van der Waals surface area contributed by atoms with Gasteiger partial charge in [0.1, 0.15) is 5.75 Å². The van der Waals surface area contributed by atoms with Gasteiger partial charge in [-0.1, -0.05) is 31.9 Å². The van der Waals surface area contributed by atoms with E-state index in [1.54, 1.807) is 0 Å². The average Bonchev–Trinajstić information content (AvgIpc) is 3.18. The molecule has 0 radical (unpaired) electrons. The molecule has 0 bridgehead atoms. The highest BCUT2D eigenvalue weighted by molar-refractivity contribution is 6.30. The Hall–Kier alpha value is -0.730. The quantitative estimate of drug-likeness (QED) is 0.806. The van der Waals surface area contributed by atoms with Gasteiger partial charge in [0.15, 0.2) is 0 Å². The lowest BCUT2D eigenvalue weighted by Gasteiger charge is -2.15. The van der Waals surface area contributed by atoms with Gasteiger partial charge in [-0.15, -0.1) is 0 Å². The average molecular weight is 268 g/mol. The van der Waals surface area contributed by atoms with Gasteiger partial charge in [-0.2, -0.15) is 0 Å². The first kappa shape index (κ1) is 13.7. The van der Waals surface area contributed by atoms with Crippen molar-refractivity contribution in [3.8, 4) is 5.75 Å². The van der Waals surface area contributed by atoms with Crippen molar-refractivity contribution < 1.29 is 4.74 Å². The van der Waals surface area contributed by atoms with Crippen LogP contribution >= 0.6 is 11.6 Å². The summed E-state index contributed by atoms with van der Waals surface area (Å²) in [7, 11) is 0. The van der Waals surface area contributed by atoms with E-state index in [4.69, 9.17) is 16.3 Å². The van der Waals surface area contributed by atoms with Crippen LogP contribution in [0.1, 0.15) is 38.7 Å². The third-order valence-corrected chi connectivity index (χ3v) is 3.64. The molecule has 0 aliphatic heterocycles. The van der Waals surface area contributed by atoms with E-state index in [1.165, 1.54) is 12.8 Å². The van der Waals surface area contributed by atoms with Crippen molar-refractivity contribution in [2.24, 2.45) is 5.92 Å². The summed E-state index contributed by atoms with van der Waals surface area (Å²) in [6, 6.07) is 6.58. The first-order valence-electron chi connectivity index (χ1n) is 6.83. The smallest absolute Gasteiger partial charge is 0.123 e. The normalized spacial score (nSPS) is 16.6. The maximum atomic E-state index is 6.05. The highest BCUT2D eigenvalue weighted by Crippen LogP contribution is 2.25. The second kappa shape index (κ2) is 6.44. The monoisotopic (exact) mass is 267 g/mol. The van der Waals surface area contributed by atoms with E-state index < -0.39 is 0 Å². The Morgan fingerprint density at radius 2 is 2.22 bits per heavy atom. The summed E-state index contributed by atoms with van der Waals surface area (Å²) in [5, 5.41) is 4.28. The van der Waals surface area contributed by atoms with Crippen LogP contribution in [-0.2, 0) is 6.54 Å². The summed E-state index contributed by atoms with van der Waals surface area (Å²) in [6.45, 7) is 6.01. The van der Waals surface area contributed by atoms with Crippen LogP contribution in [0.3, 0.4) is 0 Å². The molecule has 1 unspecified atom stereocenters. The van der Waals surface area contributed by atoms with E-state index in [-0.39, 0.29) is 0 Å². The molecule has 2 rings (SSSR count). The van der Waals surface area contributed by atoms with Crippen LogP contribution in [0.5, 0.6) is 5.75 Å². The number of nitrogens with one attached hydrogen (secondary N) is 1. The summed E-state index contributed by atoms with van der Waals surface area (Å²) in [5.74, 6) is 1.55. The first-order valence-corrected chi connectivity index (χ1v) is 7.21. The molecule has 1 aliphatic carbocycles. The molecule has 1 atom stereocenters.